The third-order valence-corrected chi connectivity index (χ3v) is 5.30. The first-order chi connectivity index (χ1) is 11.8. The van der Waals surface area contributed by atoms with Crippen molar-refractivity contribution >= 4 is 49.7 Å². The first kappa shape index (κ1) is 17.1. The molecule has 0 aromatic heterocycles. The van der Waals surface area contributed by atoms with Crippen molar-refractivity contribution in [1.82, 2.24) is 0 Å². The summed E-state index contributed by atoms with van der Waals surface area (Å²) in [5.41, 5.74) is 6.18. The number of hydrogen-bond acceptors (Lipinski definition) is 4. The molecule has 0 spiro atoms. The van der Waals surface area contributed by atoms with Gasteiger partial charge in [-0.3, -0.25) is 4.72 Å². The van der Waals surface area contributed by atoms with E-state index in [-0.39, 0.29) is 21.2 Å². The van der Waals surface area contributed by atoms with E-state index in [4.69, 9.17) is 22.4 Å². The van der Waals surface area contributed by atoms with Gasteiger partial charge in [0.15, 0.2) is 0 Å². The van der Waals surface area contributed by atoms with Gasteiger partial charge >= 0.3 is 5.97 Å². The Hall–Kier alpha value is -2.77. The molecule has 25 heavy (non-hydrogen) atoms. The van der Waals surface area contributed by atoms with Crippen molar-refractivity contribution in [1.29, 1.82) is 0 Å². The highest BCUT2D eigenvalue weighted by Gasteiger charge is 2.17. The Morgan fingerprint density at radius 2 is 1.72 bits per heavy atom. The lowest BCUT2D eigenvalue weighted by Crippen LogP contribution is -2.13. The molecule has 3 rings (SSSR count). The third-order valence-electron chi connectivity index (χ3n) is 3.60. The average molecular weight is 377 g/mol. The van der Waals surface area contributed by atoms with Gasteiger partial charge in [-0.15, -0.1) is 0 Å². The van der Waals surface area contributed by atoms with Gasteiger partial charge in [-0.1, -0.05) is 23.7 Å². The minimum atomic E-state index is -3.90. The van der Waals surface area contributed by atoms with Crippen LogP contribution < -0.4 is 10.5 Å². The molecule has 0 radical (unpaired) electrons. The summed E-state index contributed by atoms with van der Waals surface area (Å²) in [6.45, 7) is 0. The fourth-order valence-corrected chi connectivity index (χ4v) is 3.66. The Labute approximate surface area is 148 Å². The summed E-state index contributed by atoms with van der Waals surface area (Å²) in [4.78, 5) is 11.2. The maximum atomic E-state index is 12.6. The highest BCUT2D eigenvalue weighted by molar-refractivity contribution is 7.92. The van der Waals surface area contributed by atoms with E-state index in [0.717, 1.165) is 5.39 Å². The van der Waals surface area contributed by atoms with Crippen LogP contribution in [0.2, 0.25) is 5.02 Å². The SMILES string of the molecule is Nc1ccc2ccc(S(=O)(=O)Nc3ccc(Cl)c(C(=O)O)c3)cc2c1. The monoisotopic (exact) mass is 376 g/mol. The number of halogens is 1. The highest BCUT2D eigenvalue weighted by Crippen LogP contribution is 2.25. The van der Waals surface area contributed by atoms with E-state index >= 15 is 0 Å². The van der Waals surface area contributed by atoms with Gasteiger partial charge in [0.2, 0.25) is 0 Å². The van der Waals surface area contributed by atoms with Crippen LogP contribution in [0, 0.1) is 0 Å². The Morgan fingerprint density at radius 1 is 1.00 bits per heavy atom. The zero-order valence-corrected chi connectivity index (χ0v) is 14.3. The minimum absolute atomic E-state index is 0.0247. The van der Waals surface area contributed by atoms with Crippen LogP contribution in [0.4, 0.5) is 11.4 Å². The van der Waals surface area contributed by atoms with E-state index in [2.05, 4.69) is 4.72 Å². The molecular formula is C17H13ClN2O4S. The lowest BCUT2D eigenvalue weighted by molar-refractivity contribution is 0.0697. The normalized spacial score (nSPS) is 11.4. The summed E-state index contributed by atoms with van der Waals surface area (Å²) in [6.07, 6.45) is 0. The van der Waals surface area contributed by atoms with E-state index < -0.39 is 16.0 Å². The maximum absolute atomic E-state index is 12.6. The zero-order chi connectivity index (χ0) is 18.2. The molecule has 3 aromatic carbocycles. The number of nitrogens with one attached hydrogen (secondary N) is 1. The number of carbonyl (C=O) groups is 1. The molecule has 0 fully saturated rings. The first-order valence-corrected chi connectivity index (χ1v) is 8.97. The third kappa shape index (κ3) is 3.52. The van der Waals surface area contributed by atoms with E-state index in [0.29, 0.717) is 11.1 Å². The predicted octanol–water partition coefficient (Wildman–Crippen LogP) is 3.57. The molecule has 0 bridgehead atoms. The van der Waals surface area contributed by atoms with Gasteiger partial charge in [-0.25, -0.2) is 13.2 Å². The molecule has 0 amide bonds. The second-order valence-corrected chi connectivity index (χ2v) is 7.46. The van der Waals surface area contributed by atoms with Crippen LogP contribution >= 0.6 is 11.6 Å². The second-order valence-electron chi connectivity index (χ2n) is 5.37. The molecular weight excluding hydrogens is 364 g/mol. The van der Waals surface area contributed by atoms with Gasteiger partial charge < -0.3 is 10.8 Å². The van der Waals surface area contributed by atoms with Gasteiger partial charge in [0.25, 0.3) is 10.0 Å². The second kappa shape index (κ2) is 6.27. The molecule has 0 unspecified atom stereocenters. The van der Waals surface area contributed by atoms with Gasteiger partial charge in [-0.2, -0.15) is 0 Å². The number of rotatable bonds is 4. The number of carboxylic acids is 1. The van der Waals surface area contributed by atoms with Crippen LogP contribution in [0.5, 0.6) is 0 Å². The molecule has 4 N–H and O–H groups in total. The number of carboxylic acid groups (broad SMARTS) is 1. The quantitative estimate of drug-likeness (QED) is 0.603. The van der Waals surface area contributed by atoms with Crippen molar-refractivity contribution in [3.8, 4) is 0 Å². The van der Waals surface area contributed by atoms with Gasteiger partial charge in [-0.05, 0) is 53.2 Å². The lowest BCUT2D eigenvalue weighted by Gasteiger charge is -2.10. The molecule has 0 aliphatic rings. The molecule has 8 heteroatoms. The van der Waals surface area contributed by atoms with Gasteiger partial charge in [0, 0.05) is 11.4 Å². The van der Waals surface area contributed by atoms with E-state index in [1.165, 1.54) is 30.3 Å². The predicted molar refractivity (Wildman–Crippen MR) is 97.6 cm³/mol. The van der Waals surface area contributed by atoms with Crippen LogP contribution in [-0.4, -0.2) is 19.5 Å². The van der Waals surface area contributed by atoms with Crippen molar-refractivity contribution < 1.29 is 18.3 Å². The smallest absolute Gasteiger partial charge is 0.337 e. The Balaban J connectivity index is 1.99. The van der Waals surface area contributed by atoms with Gasteiger partial charge in [0.1, 0.15) is 0 Å². The molecule has 128 valence electrons. The number of hydrogen-bond donors (Lipinski definition) is 3. The number of aromatic carboxylic acids is 1. The molecule has 0 aliphatic heterocycles. The molecule has 3 aromatic rings. The topological polar surface area (TPSA) is 109 Å². The summed E-state index contributed by atoms with van der Waals surface area (Å²) in [5, 5.41) is 10.6. The number of nitrogen functional groups attached to an aromatic ring is 1. The van der Waals surface area contributed by atoms with Crippen LogP contribution in [-0.2, 0) is 10.0 Å². The summed E-state index contributed by atoms with van der Waals surface area (Å²) >= 11 is 5.79. The first-order valence-electron chi connectivity index (χ1n) is 7.11. The fraction of sp³-hybridized carbons (Fsp3) is 0. The largest absolute Gasteiger partial charge is 0.478 e. The number of fused-ring (bicyclic) bond motifs is 1. The highest BCUT2D eigenvalue weighted by atomic mass is 35.5. The summed E-state index contributed by atoms with van der Waals surface area (Å²) < 4.78 is 27.5. The molecule has 0 saturated carbocycles. The number of nitrogens with two attached hydrogens (primary N) is 1. The maximum Gasteiger partial charge on any atom is 0.337 e. The van der Waals surface area contributed by atoms with Crippen LogP contribution in [0.15, 0.2) is 59.5 Å². The number of sulfonamides is 1. The van der Waals surface area contributed by atoms with Crippen LogP contribution in [0.3, 0.4) is 0 Å². The molecule has 6 nitrogen and oxygen atoms in total. The van der Waals surface area contributed by atoms with Crippen molar-refractivity contribution in [2.45, 2.75) is 4.90 Å². The zero-order valence-electron chi connectivity index (χ0n) is 12.7. The molecule has 0 saturated heterocycles. The van der Waals surface area contributed by atoms with E-state index in [1.54, 1.807) is 24.3 Å². The van der Waals surface area contributed by atoms with Crippen molar-refractivity contribution in [3.63, 3.8) is 0 Å². The Morgan fingerprint density at radius 3 is 2.44 bits per heavy atom. The van der Waals surface area contributed by atoms with Crippen molar-refractivity contribution in [2.75, 3.05) is 10.5 Å². The van der Waals surface area contributed by atoms with Crippen LogP contribution in [0.1, 0.15) is 10.4 Å². The fourth-order valence-electron chi connectivity index (χ4n) is 2.38. The Bertz CT molecular complexity index is 1100. The molecule has 0 heterocycles. The van der Waals surface area contributed by atoms with Crippen molar-refractivity contribution in [3.05, 3.63) is 65.2 Å². The summed E-state index contributed by atoms with van der Waals surface area (Å²) in [5.74, 6) is -1.24. The van der Waals surface area contributed by atoms with Gasteiger partial charge in [0.05, 0.1) is 15.5 Å². The lowest BCUT2D eigenvalue weighted by atomic mass is 10.1. The van der Waals surface area contributed by atoms with E-state index in [1.807, 2.05) is 0 Å². The summed E-state index contributed by atoms with van der Waals surface area (Å²) in [7, 11) is -3.90. The number of anilines is 2. The van der Waals surface area contributed by atoms with Crippen LogP contribution in [0.25, 0.3) is 10.8 Å². The molecule has 0 aliphatic carbocycles. The Kier molecular flexibility index (Phi) is 4.28. The summed E-state index contributed by atoms with van der Waals surface area (Å²) in [6, 6.07) is 13.7. The number of benzene rings is 3. The van der Waals surface area contributed by atoms with E-state index in [9.17, 15) is 13.2 Å². The minimum Gasteiger partial charge on any atom is -0.478 e. The average Bonchev–Trinajstić information content (AvgIpc) is 2.55. The standard InChI is InChI=1S/C17H13ClN2O4S/c18-16-6-4-13(9-15(16)17(21)22)20-25(23,24)14-5-2-10-1-3-12(19)7-11(10)8-14/h1-9,20H,19H2,(H,21,22). The van der Waals surface area contributed by atoms with Crippen molar-refractivity contribution in [2.24, 2.45) is 0 Å². The molecule has 0 atom stereocenters.